The van der Waals surface area contributed by atoms with E-state index in [-0.39, 0.29) is 17.2 Å². The second-order valence-corrected chi connectivity index (χ2v) is 7.79. The van der Waals surface area contributed by atoms with E-state index in [0.717, 1.165) is 11.1 Å². The minimum Gasteiger partial charge on any atom is -0.350 e. The van der Waals surface area contributed by atoms with Gasteiger partial charge in [-0.25, -0.2) is 4.90 Å². The summed E-state index contributed by atoms with van der Waals surface area (Å²) in [6.07, 6.45) is 0. The molecule has 4 rings (SSSR count). The maximum absolute atomic E-state index is 13.5. The molecule has 1 heterocycles. The van der Waals surface area contributed by atoms with Gasteiger partial charge in [-0.15, -0.1) is 0 Å². The van der Waals surface area contributed by atoms with E-state index in [1.807, 2.05) is 62.4 Å². The van der Waals surface area contributed by atoms with Crippen LogP contribution in [0.1, 0.15) is 23.6 Å². The minimum absolute atomic E-state index is 0.184. The number of rotatable bonds is 5. The summed E-state index contributed by atoms with van der Waals surface area (Å²) >= 11 is 0. The third-order valence-electron chi connectivity index (χ3n) is 5.09. The smallest absolute Gasteiger partial charge is 0.282 e. The molecular weight excluding hydrogens is 402 g/mol. The van der Waals surface area contributed by atoms with Crippen molar-refractivity contribution in [1.82, 2.24) is 0 Å². The summed E-state index contributed by atoms with van der Waals surface area (Å²) in [6, 6.07) is 21.8. The molecule has 0 spiro atoms. The Hall–Kier alpha value is -4.19. The van der Waals surface area contributed by atoms with Crippen LogP contribution in [0.4, 0.5) is 17.1 Å². The van der Waals surface area contributed by atoms with Crippen molar-refractivity contribution in [3.8, 4) is 0 Å². The molecule has 0 saturated carbocycles. The molecule has 2 N–H and O–H groups in total. The van der Waals surface area contributed by atoms with Crippen LogP contribution >= 0.6 is 0 Å². The topological polar surface area (TPSA) is 78.5 Å². The Labute approximate surface area is 186 Å². The summed E-state index contributed by atoms with van der Waals surface area (Å²) in [6.45, 7) is 5.29. The fourth-order valence-electron chi connectivity index (χ4n) is 3.82. The lowest BCUT2D eigenvalue weighted by Gasteiger charge is -2.17. The molecule has 3 aromatic rings. The number of amides is 3. The first-order valence-electron chi connectivity index (χ1n) is 10.2. The number of nitrogens with zero attached hydrogens (tertiary/aromatic N) is 1. The van der Waals surface area contributed by atoms with Crippen LogP contribution in [0.15, 0.2) is 78.5 Å². The number of para-hydroxylation sites is 1. The van der Waals surface area contributed by atoms with Crippen molar-refractivity contribution < 1.29 is 14.4 Å². The van der Waals surface area contributed by atoms with E-state index in [1.54, 1.807) is 24.3 Å². The Morgan fingerprint density at radius 1 is 0.781 bits per heavy atom. The van der Waals surface area contributed by atoms with Gasteiger partial charge in [0.1, 0.15) is 5.70 Å². The molecule has 32 heavy (non-hydrogen) atoms. The van der Waals surface area contributed by atoms with Gasteiger partial charge in [-0.3, -0.25) is 14.4 Å². The highest BCUT2D eigenvalue weighted by Crippen LogP contribution is 2.34. The molecule has 0 bridgehead atoms. The lowest BCUT2D eigenvalue weighted by molar-refractivity contribution is -0.120. The molecule has 6 nitrogen and oxygen atoms in total. The third kappa shape index (κ3) is 4.16. The second kappa shape index (κ2) is 8.51. The van der Waals surface area contributed by atoms with Gasteiger partial charge in [-0.1, -0.05) is 36.4 Å². The van der Waals surface area contributed by atoms with Crippen LogP contribution in [-0.2, 0) is 14.4 Å². The first-order valence-corrected chi connectivity index (χ1v) is 10.2. The highest BCUT2D eigenvalue weighted by molar-refractivity contribution is 6.46. The zero-order chi connectivity index (χ0) is 22.8. The predicted octanol–water partition coefficient (Wildman–Crippen LogP) is 4.66. The van der Waals surface area contributed by atoms with Crippen molar-refractivity contribution >= 4 is 40.4 Å². The van der Waals surface area contributed by atoms with Crippen molar-refractivity contribution in [3.63, 3.8) is 0 Å². The standard InChI is InChI=1S/C26H23N3O3/c1-16-13-17(2)15-22(14-16)29-25(31)23(19-9-11-21(12-10-19)27-18(3)30)24(26(29)32)28-20-7-5-4-6-8-20/h4-15,28H,1-3H3,(H,27,30). The van der Waals surface area contributed by atoms with Gasteiger partial charge in [-0.2, -0.15) is 0 Å². The number of nitrogens with one attached hydrogen (secondary N) is 2. The summed E-state index contributed by atoms with van der Waals surface area (Å²) < 4.78 is 0. The van der Waals surface area contributed by atoms with E-state index >= 15 is 0 Å². The summed E-state index contributed by atoms with van der Waals surface area (Å²) in [5.41, 5.74) is 4.87. The summed E-state index contributed by atoms with van der Waals surface area (Å²) in [5.74, 6) is -0.994. The van der Waals surface area contributed by atoms with Crippen LogP contribution in [0, 0.1) is 13.8 Å². The summed E-state index contributed by atoms with van der Waals surface area (Å²) in [4.78, 5) is 39.5. The van der Waals surface area contributed by atoms with E-state index in [9.17, 15) is 14.4 Å². The van der Waals surface area contributed by atoms with Gasteiger partial charge in [0.05, 0.1) is 11.3 Å². The Morgan fingerprint density at radius 3 is 2.00 bits per heavy atom. The van der Waals surface area contributed by atoms with Crippen LogP contribution in [0.5, 0.6) is 0 Å². The summed E-state index contributed by atoms with van der Waals surface area (Å²) in [7, 11) is 0. The molecule has 0 saturated heterocycles. The quantitative estimate of drug-likeness (QED) is 0.583. The van der Waals surface area contributed by atoms with E-state index in [4.69, 9.17) is 0 Å². The van der Waals surface area contributed by atoms with Crippen LogP contribution in [0.2, 0.25) is 0 Å². The molecule has 0 radical (unpaired) electrons. The molecule has 0 unspecified atom stereocenters. The Bertz CT molecular complexity index is 1220. The van der Waals surface area contributed by atoms with E-state index in [2.05, 4.69) is 10.6 Å². The van der Waals surface area contributed by atoms with Crippen molar-refractivity contribution in [1.29, 1.82) is 0 Å². The zero-order valence-corrected chi connectivity index (χ0v) is 18.1. The van der Waals surface area contributed by atoms with Gasteiger partial charge in [0.2, 0.25) is 5.91 Å². The predicted molar refractivity (Wildman–Crippen MR) is 126 cm³/mol. The summed E-state index contributed by atoms with van der Waals surface area (Å²) in [5, 5.41) is 5.85. The number of carbonyl (C=O) groups excluding carboxylic acids is 3. The largest absolute Gasteiger partial charge is 0.350 e. The normalized spacial score (nSPS) is 13.5. The Morgan fingerprint density at radius 2 is 1.41 bits per heavy atom. The van der Waals surface area contributed by atoms with Crippen molar-refractivity contribution in [2.75, 3.05) is 15.5 Å². The Balaban J connectivity index is 1.80. The first kappa shape index (κ1) is 21.1. The highest BCUT2D eigenvalue weighted by atomic mass is 16.2. The molecule has 1 aliphatic rings. The van der Waals surface area contributed by atoms with Crippen LogP contribution in [-0.4, -0.2) is 17.7 Å². The van der Waals surface area contributed by atoms with Gasteiger partial charge in [-0.05, 0) is 66.9 Å². The van der Waals surface area contributed by atoms with Crippen LogP contribution in [0.25, 0.3) is 5.57 Å². The monoisotopic (exact) mass is 425 g/mol. The van der Waals surface area contributed by atoms with E-state index in [0.29, 0.717) is 22.6 Å². The van der Waals surface area contributed by atoms with Gasteiger partial charge < -0.3 is 10.6 Å². The van der Waals surface area contributed by atoms with Crippen LogP contribution < -0.4 is 15.5 Å². The third-order valence-corrected chi connectivity index (χ3v) is 5.09. The van der Waals surface area contributed by atoms with Crippen molar-refractivity contribution in [2.45, 2.75) is 20.8 Å². The SMILES string of the molecule is CC(=O)Nc1ccc(C2=C(Nc3ccccc3)C(=O)N(c3cc(C)cc(C)c3)C2=O)cc1. The van der Waals surface area contributed by atoms with Crippen molar-refractivity contribution in [3.05, 3.63) is 95.2 Å². The van der Waals surface area contributed by atoms with Gasteiger partial charge in [0, 0.05) is 18.3 Å². The second-order valence-electron chi connectivity index (χ2n) is 7.79. The zero-order valence-electron chi connectivity index (χ0n) is 18.1. The lowest BCUT2D eigenvalue weighted by atomic mass is 10.0. The lowest BCUT2D eigenvalue weighted by Crippen LogP contribution is -2.32. The minimum atomic E-state index is -0.412. The molecule has 0 aliphatic carbocycles. The van der Waals surface area contributed by atoms with Crippen molar-refractivity contribution in [2.24, 2.45) is 0 Å². The molecule has 1 aliphatic heterocycles. The maximum Gasteiger partial charge on any atom is 0.282 e. The number of aryl methyl sites for hydroxylation is 2. The van der Waals surface area contributed by atoms with E-state index < -0.39 is 11.8 Å². The molecule has 160 valence electrons. The molecular formula is C26H23N3O3. The van der Waals surface area contributed by atoms with Gasteiger partial charge in [0.25, 0.3) is 11.8 Å². The molecule has 0 aromatic heterocycles. The molecule has 0 fully saturated rings. The van der Waals surface area contributed by atoms with Gasteiger partial charge in [0.15, 0.2) is 0 Å². The fraction of sp³-hybridized carbons (Fsp3) is 0.115. The fourth-order valence-corrected chi connectivity index (χ4v) is 3.82. The Kier molecular flexibility index (Phi) is 5.60. The molecule has 0 atom stereocenters. The highest BCUT2D eigenvalue weighted by Gasteiger charge is 2.40. The number of hydrogen-bond donors (Lipinski definition) is 2. The number of anilines is 3. The van der Waals surface area contributed by atoms with E-state index in [1.165, 1.54) is 11.8 Å². The molecule has 3 aromatic carbocycles. The maximum atomic E-state index is 13.5. The molecule has 6 heteroatoms. The average molecular weight is 425 g/mol. The number of benzene rings is 3. The number of imide groups is 1. The first-order chi connectivity index (χ1) is 15.3. The average Bonchev–Trinajstić information content (AvgIpc) is 2.98. The molecule has 3 amide bonds. The van der Waals surface area contributed by atoms with Crippen LogP contribution in [0.3, 0.4) is 0 Å². The number of hydrogen-bond acceptors (Lipinski definition) is 4. The number of carbonyl (C=O) groups is 3. The van der Waals surface area contributed by atoms with Gasteiger partial charge >= 0.3 is 0 Å².